The molecule has 1 fully saturated rings. The Balaban J connectivity index is 1.78. The molecule has 0 aromatic heterocycles. The molecule has 11 heteroatoms. The summed E-state index contributed by atoms with van der Waals surface area (Å²) in [5, 5.41) is 15.3. The van der Waals surface area contributed by atoms with Gasteiger partial charge >= 0.3 is 0 Å². The minimum absolute atomic E-state index is 0.0360. The van der Waals surface area contributed by atoms with Crippen LogP contribution in [0.2, 0.25) is 0 Å². The van der Waals surface area contributed by atoms with Gasteiger partial charge in [0.25, 0.3) is 11.8 Å². The van der Waals surface area contributed by atoms with Crippen molar-refractivity contribution in [1.82, 2.24) is 19.8 Å². The Labute approximate surface area is 161 Å². The monoisotopic (exact) mass is 412 g/mol. The van der Waals surface area contributed by atoms with Crippen molar-refractivity contribution in [3.8, 4) is 0 Å². The van der Waals surface area contributed by atoms with Gasteiger partial charge < -0.3 is 20.6 Å². The van der Waals surface area contributed by atoms with Gasteiger partial charge in [0.05, 0.1) is 5.75 Å². The number of benzene rings is 1. The van der Waals surface area contributed by atoms with Crippen molar-refractivity contribution in [2.75, 3.05) is 19.3 Å². The maximum absolute atomic E-state index is 13.0. The molecule has 1 saturated heterocycles. The molecule has 0 saturated carbocycles. The predicted molar refractivity (Wildman–Crippen MR) is 97.3 cm³/mol. The number of carbonyl (C=O) groups is 2. The Morgan fingerprint density at radius 1 is 1.32 bits per heavy atom. The third-order valence-corrected chi connectivity index (χ3v) is 6.56. The molecule has 2 heterocycles. The van der Waals surface area contributed by atoms with E-state index in [1.54, 1.807) is 0 Å². The zero-order valence-electron chi connectivity index (χ0n) is 15.2. The molecule has 2 amide bonds. The first-order valence-electron chi connectivity index (χ1n) is 8.70. The minimum Gasteiger partial charge on any atom is -0.501 e. The Kier molecular flexibility index (Phi) is 5.57. The lowest BCUT2D eigenvalue weighted by molar-refractivity contribution is -0.137. The molecule has 28 heavy (non-hydrogen) atoms. The fourth-order valence-corrected chi connectivity index (χ4v) is 4.78. The van der Waals surface area contributed by atoms with Crippen LogP contribution in [0.1, 0.15) is 18.4 Å². The number of nitrogens with one attached hydrogen (secondary N) is 2. The second kappa shape index (κ2) is 7.76. The standard InChI is InChI=1S/C17H21FN4O5S/c1-21-16(25)14(23)13(15(24)19-10-11-4-6-12(18)7-5-11)20-17(21)22-8-2-3-9-28(22,26)27/h4-7,17,20,23H,2-3,8-10H2,1H3,(H,19,24). The first-order chi connectivity index (χ1) is 13.2. The lowest BCUT2D eigenvalue weighted by Gasteiger charge is -2.41. The van der Waals surface area contributed by atoms with Crippen LogP contribution in [0.15, 0.2) is 35.7 Å². The van der Waals surface area contributed by atoms with Crippen molar-refractivity contribution in [3.63, 3.8) is 0 Å². The highest BCUT2D eigenvalue weighted by Crippen LogP contribution is 2.22. The number of aliphatic hydroxyl groups excluding tert-OH is 1. The van der Waals surface area contributed by atoms with Crippen LogP contribution in [0.4, 0.5) is 4.39 Å². The summed E-state index contributed by atoms with van der Waals surface area (Å²) in [6.45, 7) is 0.233. The third-order valence-electron chi connectivity index (χ3n) is 4.65. The Morgan fingerprint density at radius 3 is 2.64 bits per heavy atom. The van der Waals surface area contributed by atoms with Gasteiger partial charge in [-0.05, 0) is 30.5 Å². The largest absolute Gasteiger partial charge is 0.501 e. The number of carbonyl (C=O) groups excluding carboxylic acids is 2. The van der Waals surface area contributed by atoms with Crippen LogP contribution >= 0.6 is 0 Å². The number of likely N-dealkylation sites (N-methyl/N-ethyl adjacent to an activating group) is 1. The average Bonchev–Trinajstić information content (AvgIpc) is 2.66. The molecule has 2 aliphatic rings. The molecule has 0 radical (unpaired) electrons. The fraction of sp³-hybridized carbons (Fsp3) is 0.412. The van der Waals surface area contributed by atoms with Crippen LogP contribution in [0.5, 0.6) is 0 Å². The number of nitrogens with zero attached hydrogens (tertiary/aromatic N) is 2. The summed E-state index contributed by atoms with van der Waals surface area (Å²) in [5.41, 5.74) is 0.209. The van der Waals surface area contributed by atoms with Crippen LogP contribution < -0.4 is 10.6 Å². The van der Waals surface area contributed by atoms with Gasteiger partial charge in [-0.15, -0.1) is 0 Å². The average molecular weight is 412 g/mol. The normalized spacial score (nSPS) is 22.7. The van der Waals surface area contributed by atoms with Gasteiger partial charge in [-0.1, -0.05) is 12.1 Å². The van der Waals surface area contributed by atoms with E-state index < -0.39 is 45.4 Å². The SMILES string of the molecule is CN1C(=O)C(O)=C(C(=O)NCc2ccc(F)cc2)NC1N1CCCCS1(=O)=O. The fourth-order valence-electron chi connectivity index (χ4n) is 3.07. The number of aliphatic hydroxyl groups is 1. The molecule has 3 N–H and O–H groups in total. The molecular formula is C17H21FN4O5S. The van der Waals surface area contributed by atoms with Gasteiger partial charge in [-0.3, -0.25) is 9.59 Å². The molecule has 1 unspecified atom stereocenters. The summed E-state index contributed by atoms with van der Waals surface area (Å²) in [6.07, 6.45) is 0.0385. The molecule has 0 bridgehead atoms. The molecule has 0 spiro atoms. The van der Waals surface area contributed by atoms with Crippen molar-refractivity contribution in [3.05, 3.63) is 47.1 Å². The Morgan fingerprint density at radius 2 is 2.00 bits per heavy atom. The number of hydrogen-bond donors (Lipinski definition) is 3. The summed E-state index contributed by atoms with van der Waals surface area (Å²) >= 11 is 0. The van der Waals surface area contributed by atoms with Gasteiger partial charge in [-0.2, -0.15) is 4.31 Å². The number of hydrogen-bond acceptors (Lipinski definition) is 6. The lowest BCUT2D eigenvalue weighted by atomic mass is 10.2. The van der Waals surface area contributed by atoms with Gasteiger partial charge in [0.2, 0.25) is 15.8 Å². The van der Waals surface area contributed by atoms with Crippen LogP contribution in [0, 0.1) is 5.82 Å². The second-order valence-corrected chi connectivity index (χ2v) is 8.64. The van der Waals surface area contributed by atoms with Crippen molar-refractivity contribution in [2.24, 2.45) is 0 Å². The number of halogens is 1. The van der Waals surface area contributed by atoms with Crippen LogP contribution in [0.25, 0.3) is 0 Å². The van der Waals surface area contributed by atoms with E-state index >= 15 is 0 Å². The topological polar surface area (TPSA) is 119 Å². The summed E-state index contributed by atoms with van der Waals surface area (Å²) in [7, 11) is -2.26. The van der Waals surface area contributed by atoms with E-state index in [0.29, 0.717) is 18.4 Å². The molecule has 152 valence electrons. The first-order valence-corrected chi connectivity index (χ1v) is 10.3. The zero-order chi connectivity index (χ0) is 20.5. The maximum atomic E-state index is 13.0. The van der Waals surface area contributed by atoms with Crippen molar-refractivity contribution in [1.29, 1.82) is 0 Å². The van der Waals surface area contributed by atoms with E-state index in [0.717, 1.165) is 9.21 Å². The maximum Gasteiger partial charge on any atom is 0.293 e. The van der Waals surface area contributed by atoms with E-state index in [1.807, 2.05) is 0 Å². The number of amides is 2. The smallest absolute Gasteiger partial charge is 0.293 e. The van der Waals surface area contributed by atoms with E-state index in [-0.39, 0.29) is 18.8 Å². The van der Waals surface area contributed by atoms with E-state index in [4.69, 9.17) is 0 Å². The Bertz CT molecular complexity index is 916. The molecule has 1 aromatic carbocycles. The van der Waals surface area contributed by atoms with Gasteiger partial charge in [-0.25, -0.2) is 12.8 Å². The predicted octanol–water partition coefficient (Wildman–Crippen LogP) is -0.0177. The van der Waals surface area contributed by atoms with Crippen molar-refractivity contribution < 1.29 is 27.5 Å². The highest BCUT2D eigenvalue weighted by Gasteiger charge is 2.42. The van der Waals surface area contributed by atoms with Crippen LogP contribution in [-0.2, 0) is 26.2 Å². The van der Waals surface area contributed by atoms with E-state index in [1.165, 1.54) is 31.3 Å². The number of sulfonamides is 1. The first kappa shape index (κ1) is 20.1. The van der Waals surface area contributed by atoms with Gasteiger partial charge in [0, 0.05) is 20.1 Å². The quantitative estimate of drug-likeness (QED) is 0.640. The van der Waals surface area contributed by atoms with E-state index in [2.05, 4.69) is 10.6 Å². The molecule has 1 atom stereocenters. The molecule has 9 nitrogen and oxygen atoms in total. The lowest BCUT2D eigenvalue weighted by Crippen LogP contribution is -2.64. The summed E-state index contributed by atoms with van der Waals surface area (Å²) < 4.78 is 38.8. The van der Waals surface area contributed by atoms with Crippen molar-refractivity contribution >= 4 is 21.8 Å². The van der Waals surface area contributed by atoms with Crippen LogP contribution in [0.3, 0.4) is 0 Å². The second-order valence-electron chi connectivity index (χ2n) is 6.60. The molecular weight excluding hydrogens is 391 g/mol. The zero-order valence-corrected chi connectivity index (χ0v) is 16.0. The highest BCUT2D eigenvalue weighted by molar-refractivity contribution is 7.89. The van der Waals surface area contributed by atoms with Crippen LogP contribution in [-0.4, -0.2) is 60.2 Å². The third kappa shape index (κ3) is 3.94. The molecule has 0 aliphatic carbocycles. The summed E-state index contributed by atoms with van der Waals surface area (Å²) in [4.78, 5) is 25.9. The summed E-state index contributed by atoms with van der Waals surface area (Å²) in [6, 6.07) is 5.46. The highest BCUT2D eigenvalue weighted by atomic mass is 32.2. The van der Waals surface area contributed by atoms with Gasteiger partial charge in [0.15, 0.2) is 12.0 Å². The number of rotatable bonds is 4. The summed E-state index contributed by atoms with van der Waals surface area (Å²) in [5.74, 6) is -2.90. The minimum atomic E-state index is -3.60. The molecule has 2 aliphatic heterocycles. The van der Waals surface area contributed by atoms with Gasteiger partial charge in [0.1, 0.15) is 5.82 Å². The van der Waals surface area contributed by atoms with Crippen molar-refractivity contribution in [2.45, 2.75) is 25.7 Å². The Hall–Kier alpha value is -2.66. The molecule has 1 aromatic rings. The molecule has 3 rings (SSSR count). The van der Waals surface area contributed by atoms with E-state index in [9.17, 15) is 27.5 Å².